The number of rotatable bonds is 3. The minimum absolute atomic E-state index is 0.136. The molecular weight excluding hydrogens is 146 g/mol. The van der Waals surface area contributed by atoms with Gasteiger partial charge in [-0.2, -0.15) is 4.91 Å². The highest BCUT2D eigenvalue weighted by Gasteiger charge is 2.32. The second-order valence-corrected chi connectivity index (χ2v) is 2.77. The summed E-state index contributed by atoms with van der Waals surface area (Å²) in [6.07, 6.45) is 1.28. The summed E-state index contributed by atoms with van der Waals surface area (Å²) in [6, 6.07) is -0.410. The lowest BCUT2D eigenvalue weighted by Crippen LogP contribution is -2.27. The molecule has 11 heavy (non-hydrogen) atoms. The molecule has 0 aromatic carbocycles. The molecule has 0 radical (unpaired) electrons. The molecule has 0 bridgehead atoms. The van der Waals surface area contributed by atoms with Crippen LogP contribution >= 0.6 is 0 Å². The molecule has 0 aromatic heterocycles. The largest absolute Gasteiger partial charge is 0.375 e. The van der Waals surface area contributed by atoms with Gasteiger partial charge in [0.25, 0.3) is 0 Å². The Morgan fingerprint density at radius 1 is 1.73 bits per heavy atom. The molecular formula is C7H11NO3. The first-order chi connectivity index (χ1) is 5.29. The first kappa shape index (κ1) is 8.33. The third kappa shape index (κ3) is 1.63. The van der Waals surface area contributed by atoms with Crippen molar-refractivity contribution in [2.75, 3.05) is 6.61 Å². The Bertz CT molecular complexity index is 160. The summed E-state index contributed by atoms with van der Waals surface area (Å²) < 4.78 is 5.18. The van der Waals surface area contributed by atoms with Crippen LogP contribution < -0.4 is 0 Å². The normalized spacial score (nSPS) is 33.2. The molecule has 0 amide bonds. The zero-order chi connectivity index (χ0) is 8.27. The van der Waals surface area contributed by atoms with Gasteiger partial charge in [-0.05, 0) is 13.3 Å². The number of nitroso groups, excluding NO2 is 1. The van der Waals surface area contributed by atoms with Crippen molar-refractivity contribution in [2.24, 2.45) is 11.1 Å². The van der Waals surface area contributed by atoms with E-state index in [0.29, 0.717) is 13.0 Å². The van der Waals surface area contributed by atoms with Crippen LogP contribution in [0.5, 0.6) is 0 Å². The van der Waals surface area contributed by atoms with Gasteiger partial charge < -0.3 is 9.53 Å². The molecule has 1 heterocycles. The Hall–Kier alpha value is -0.770. The molecule has 1 aliphatic rings. The van der Waals surface area contributed by atoms with E-state index in [9.17, 15) is 9.70 Å². The summed E-state index contributed by atoms with van der Waals surface area (Å²) in [4.78, 5) is 20.5. The number of aldehydes is 1. The highest BCUT2D eigenvalue weighted by molar-refractivity contribution is 5.55. The maximum atomic E-state index is 10.4. The van der Waals surface area contributed by atoms with Crippen molar-refractivity contribution in [1.29, 1.82) is 0 Å². The van der Waals surface area contributed by atoms with Crippen LogP contribution in [0, 0.1) is 10.8 Å². The first-order valence-electron chi connectivity index (χ1n) is 3.69. The number of hydrogen-bond donors (Lipinski definition) is 0. The highest BCUT2D eigenvalue weighted by Crippen LogP contribution is 2.22. The first-order valence-corrected chi connectivity index (χ1v) is 3.69. The van der Waals surface area contributed by atoms with Gasteiger partial charge in [0.1, 0.15) is 12.3 Å². The third-order valence-electron chi connectivity index (χ3n) is 2.00. The Morgan fingerprint density at radius 3 is 3.00 bits per heavy atom. The molecule has 1 saturated heterocycles. The molecule has 1 aliphatic heterocycles. The maximum Gasteiger partial charge on any atom is 0.125 e. The van der Waals surface area contributed by atoms with Crippen LogP contribution in [0.3, 0.4) is 0 Å². The van der Waals surface area contributed by atoms with Crippen LogP contribution in [0.25, 0.3) is 0 Å². The van der Waals surface area contributed by atoms with Crippen LogP contribution in [0.15, 0.2) is 5.18 Å². The van der Waals surface area contributed by atoms with Crippen molar-refractivity contribution >= 4 is 6.29 Å². The second kappa shape index (κ2) is 3.57. The fourth-order valence-corrected chi connectivity index (χ4v) is 1.33. The van der Waals surface area contributed by atoms with E-state index in [4.69, 9.17) is 4.74 Å². The molecule has 0 spiro atoms. The Kier molecular flexibility index (Phi) is 2.70. The van der Waals surface area contributed by atoms with Crippen molar-refractivity contribution in [3.05, 3.63) is 4.91 Å². The highest BCUT2D eigenvalue weighted by atomic mass is 16.5. The Balaban J connectivity index is 2.55. The van der Waals surface area contributed by atoms with Crippen LogP contribution in [0.4, 0.5) is 0 Å². The summed E-state index contributed by atoms with van der Waals surface area (Å²) in [7, 11) is 0. The van der Waals surface area contributed by atoms with Crippen molar-refractivity contribution < 1.29 is 9.53 Å². The van der Waals surface area contributed by atoms with E-state index in [0.717, 1.165) is 6.29 Å². The molecule has 4 nitrogen and oxygen atoms in total. The lowest BCUT2D eigenvalue weighted by molar-refractivity contribution is -0.112. The number of nitrogens with zero attached hydrogens (tertiary/aromatic N) is 1. The number of carbonyl (C=O) groups is 1. The molecule has 0 N–H and O–H groups in total. The van der Waals surface area contributed by atoms with E-state index in [-0.39, 0.29) is 12.0 Å². The molecule has 4 heteroatoms. The van der Waals surface area contributed by atoms with Gasteiger partial charge >= 0.3 is 0 Å². The smallest absolute Gasteiger partial charge is 0.125 e. The second-order valence-electron chi connectivity index (χ2n) is 2.77. The molecule has 1 rings (SSSR count). The Labute approximate surface area is 64.9 Å². The standard InChI is InChI=1S/C7H11NO3/c1-5(8-10)7-6(4-9)2-3-11-7/h4-7H,2-3H2,1H3. The van der Waals surface area contributed by atoms with E-state index >= 15 is 0 Å². The third-order valence-corrected chi connectivity index (χ3v) is 2.00. The van der Waals surface area contributed by atoms with Crippen LogP contribution in [0.1, 0.15) is 13.3 Å². The minimum Gasteiger partial charge on any atom is -0.375 e. The number of carbonyl (C=O) groups excluding carboxylic acids is 1. The average molecular weight is 157 g/mol. The fraction of sp³-hybridized carbons (Fsp3) is 0.857. The molecule has 3 atom stereocenters. The predicted octanol–water partition coefficient (Wildman–Crippen LogP) is 0.745. The zero-order valence-electron chi connectivity index (χ0n) is 6.40. The summed E-state index contributed by atoms with van der Waals surface area (Å²) in [5.41, 5.74) is 0. The van der Waals surface area contributed by atoms with Crippen molar-refractivity contribution in [1.82, 2.24) is 0 Å². The van der Waals surface area contributed by atoms with Crippen LogP contribution in [-0.2, 0) is 9.53 Å². The van der Waals surface area contributed by atoms with E-state index < -0.39 is 6.04 Å². The van der Waals surface area contributed by atoms with Crippen LogP contribution in [-0.4, -0.2) is 25.0 Å². The zero-order valence-corrected chi connectivity index (χ0v) is 6.40. The molecule has 62 valence electrons. The summed E-state index contributed by atoms with van der Waals surface area (Å²) in [6.45, 7) is 2.23. The van der Waals surface area contributed by atoms with Gasteiger partial charge in [-0.15, -0.1) is 0 Å². The van der Waals surface area contributed by atoms with Gasteiger partial charge in [0.2, 0.25) is 0 Å². The van der Waals surface area contributed by atoms with Gasteiger partial charge in [-0.3, -0.25) is 0 Å². The van der Waals surface area contributed by atoms with Crippen molar-refractivity contribution in [3.63, 3.8) is 0 Å². The Morgan fingerprint density at radius 2 is 2.45 bits per heavy atom. The van der Waals surface area contributed by atoms with Crippen LogP contribution in [0.2, 0.25) is 0 Å². The lowest BCUT2D eigenvalue weighted by Gasteiger charge is -2.14. The molecule has 0 aliphatic carbocycles. The SMILES string of the molecule is CC(N=O)C1OCCC1C=O. The van der Waals surface area contributed by atoms with E-state index in [1.807, 2.05) is 0 Å². The van der Waals surface area contributed by atoms with Crippen molar-refractivity contribution in [3.8, 4) is 0 Å². The lowest BCUT2D eigenvalue weighted by atomic mass is 9.99. The average Bonchev–Trinajstić information content (AvgIpc) is 2.50. The molecule has 0 aromatic rings. The van der Waals surface area contributed by atoms with E-state index in [2.05, 4.69) is 5.18 Å². The topological polar surface area (TPSA) is 55.7 Å². The molecule has 3 unspecified atom stereocenters. The summed E-state index contributed by atoms with van der Waals surface area (Å²) >= 11 is 0. The van der Waals surface area contributed by atoms with Gasteiger partial charge in [0.05, 0.1) is 6.10 Å². The van der Waals surface area contributed by atoms with E-state index in [1.165, 1.54) is 0 Å². The summed E-state index contributed by atoms with van der Waals surface area (Å²) in [5.74, 6) is -0.136. The van der Waals surface area contributed by atoms with Gasteiger partial charge in [-0.1, -0.05) is 5.18 Å². The number of hydrogen-bond acceptors (Lipinski definition) is 4. The quantitative estimate of drug-likeness (QED) is 0.448. The molecule has 0 saturated carbocycles. The van der Waals surface area contributed by atoms with Gasteiger partial charge in [0, 0.05) is 12.5 Å². The van der Waals surface area contributed by atoms with Crippen molar-refractivity contribution in [2.45, 2.75) is 25.5 Å². The fourth-order valence-electron chi connectivity index (χ4n) is 1.33. The van der Waals surface area contributed by atoms with E-state index in [1.54, 1.807) is 6.92 Å². The molecule has 1 fully saturated rings. The summed E-state index contributed by atoms with van der Waals surface area (Å²) in [5, 5.41) is 2.83. The predicted molar refractivity (Wildman–Crippen MR) is 39.2 cm³/mol. The van der Waals surface area contributed by atoms with Gasteiger partial charge in [0.15, 0.2) is 0 Å². The monoisotopic (exact) mass is 157 g/mol. The maximum absolute atomic E-state index is 10.4. The number of ether oxygens (including phenoxy) is 1. The minimum atomic E-state index is -0.410. The van der Waals surface area contributed by atoms with Gasteiger partial charge in [-0.25, -0.2) is 0 Å².